The molecule has 0 aliphatic rings. The van der Waals surface area contributed by atoms with E-state index in [0.717, 1.165) is 23.6 Å². The van der Waals surface area contributed by atoms with Gasteiger partial charge in [0.2, 0.25) is 6.29 Å². The van der Waals surface area contributed by atoms with Crippen molar-refractivity contribution >= 4 is 19.6 Å². The highest BCUT2D eigenvalue weighted by Gasteiger charge is 2.23. The summed E-state index contributed by atoms with van der Waals surface area (Å²) in [6.07, 6.45) is -1.97. The molecule has 0 amide bonds. The average Bonchev–Trinajstić information content (AvgIpc) is 2.22. The minimum atomic E-state index is -4.75. The number of hydrogen-bond acceptors (Lipinski definition) is 5. The van der Waals surface area contributed by atoms with Gasteiger partial charge in [0.25, 0.3) is 0 Å². The van der Waals surface area contributed by atoms with Crippen LogP contribution in [0.4, 0.5) is 0 Å². The van der Waals surface area contributed by atoms with Gasteiger partial charge in [-0.15, -0.1) is 0 Å². The summed E-state index contributed by atoms with van der Waals surface area (Å²) in [5.74, 6) is -1.33. The number of phosphoric ester groups is 1. The smallest absolute Gasteiger partial charge is 0.435 e. The van der Waals surface area contributed by atoms with E-state index >= 15 is 0 Å². The summed E-state index contributed by atoms with van der Waals surface area (Å²) in [6, 6.07) is 3.68. The Labute approximate surface area is 128 Å². The van der Waals surface area contributed by atoms with Crippen molar-refractivity contribution in [3.63, 3.8) is 0 Å². The van der Waals surface area contributed by atoms with Gasteiger partial charge in [0, 0.05) is 5.56 Å². The van der Waals surface area contributed by atoms with Crippen LogP contribution in [-0.4, -0.2) is 27.8 Å². The molecular formula is C14H19O7P. The molecule has 0 saturated heterocycles. The quantitative estimate of drug-likeness (QED) is 0.270. The number of Topliss-reactive ketones (excluding diaryl/α,β-unsaturated/α-hetero) is 1. The molecule has 1 unspecified atom stereocenters. The summed E-state index contributed by atoms with van der Waals surface area (Å²) in [7, 11) is -4.75. The Morgan fingerprint density at radius 1 is 1.18 bits per heavy atom. The van der Waals surface area contributed by atoms with Crippen LogP contribution >= 0.6 is 7.82 Å². The highest BCUT2D eigenvalue weighted by molar-refractivity contribution is 7.46. The molecule has 0 saturated carbocycles. The van der Waals surface area contributed by atoms with Crippen molar-refractivity contribution in [3.8, 4) is 0 Å². The maximum absolute atomic E-state index is 12.2. The first-order valence-corrected chi connectivity index (χ1v) is 8.07. The molecule has 0 aromatic heterocycles. The molecule has 1 aromatic rings. The van der Waals surface area contributed by atoms with E-state index in [-0.39, 0.29) is 0 Å². The van der Waals surface area contributed by atoms with Crippen molar-refractivity contribution in [3.05, 3.63) is 34.4 Å². The Morgan fingerprint density at radius 2 is 1.68 bits per heavy atom. The van der Waals surface area contributed by atoms with Crippen LogP contribution in [0.5, 0.6) is 0 Å². The highest BCUT2D eigenvalue weighted by Crippen LogP contribution is 2.37. The Kier molecular flexibility index (Phi) is 6.02. The van der Waals surface area contributed by atoms with Gasteiger partial charge in [0.1, 0.15) is 6.42 Å². The zero-order valence-corrected chi connectivity index (χ0v) is 13.7. The third-order valence-corrected chi connectivity index (χ3v) is 3.42. The lowest BCUT2D eigenvalue weighted by atomic mass is 9.95. The van der Waals surface area contributed by atoms with E-state index in [2.05, 4.69) is 9.26 Å². The predicted octanol–water partition coefficient (Wildman–Crippen LogP) is 2.18. The van der Waals surface area contributed by atoms with Crippen LogP contribution in [0, 0.1) is 20.8 Å². The monoisotopic (exact) mass is 330 g/mol. The third-order valence-electron chi connectivity index (χ3n) is 2.84. The van der Waals surface area contributed by atoms with Crippen molar-refractivity contribution in [1.82, 2.24) is 0 Å². The standard InChI is InChI=1S/C14H19O7P/c1-8-5-9(2)14(10(3)6-8)12(15)7-13(16)20-11(4)21-22(17,18)19/h5-6,11H,7H2,1-4H3,(H2,17,18,19). The lowest BCUT2D eigenvalue weighted by Gasteiger charge is -2.15. The normalized spacial score (nSPS) is 12.8. The SMILES string of the molecule is Cc1cc(C)c(C(=O)CC(=O)OC(C)OP(=O)(O)O)c(C)c1. The fraction of sp³-hybridized carbons (Fsp3) is 0.429. The van der Waals surface area contributed by atoms with Gasteiger partial charge in [-0.3, -0.25) is 9.59 Å². The second-order valence-electron chi connectivity index (χ2n) is 5.03. The van der Waals surface area contributed by atoms with E-state index in [0.29, 0.717) is 5.56 Å². The second-order valence-corrected chi connectivity index (χ2v) is 6.22. The molecule has 1 rings (SSSR count). The van der Waals surface area contributed by atoms with Crippen LogP contribution in [0.25, 0.3) is 0 Å². The van der Waals surface area contributed by atoms with Gasteiger partial charge in [-0.05, 0) is 38.8 Å². The number of hydrogen-bond donors (Lipinski definition) is 2. The fourth-order valence-corrected chi connectivity index (χ4v) is 2.71. The zero-order valence-electron chi connectivity index (χ0n) is 12.8. The molecule has 0 aliphatic carbocycles. The van der Waals surface area contributed by atoms with Gasteiger partial charge in [0.05, 0.1) is 0 Å². The Balaban J connectivity index is 2.73. The molecule has 0 aliphatic heterocycles. The molecule has 7 nitrogen and oxygen atoms in total. The summed E-state index contributed by atoms with van der Waals surface area (Å²) in [4.78, 5) is 41.0. The number of ether oxygens (including phenoxy) is 1. The molecule has 0 heterocycles. The van der Waals surface area contributed by atoms with Gasteiger partial charge in [-0.1, -0.05) is 17.7 Å². The first-order chi connectivity index (χ1) is 9.99. The average molecular weight is 330 g/mol. The van der Waals surface area contributed by atoms with Crippen LogP contribution in [0.2, 0.25) is 0 Å². The maximum Gasteiger partial charge on any atom is 0.472 e. The number of carbonyl (C=O) groups is 2. The lowest BCUT2D eigenvalue weighted by molar-refractivity contribution is -0.161. The van der Waals surface area contributed by atoms with Crippen LogP contribution < -0.4 is 0 Å². The number of aryl methyl sites for hydroxylation is 3. The Bertz CT molecular complexity index is 609. The van der Waals surface area contributed by atoms with Crippen molar-refractivity contribution in [1.29, 1.82) is 0 Å². The van der Waals surface area contributed by atoms with E-state index in [1.807, 2.05) is 19.1 Å². The molecule has 122 valence electrons. The van der Waals surface area contributed by atoms with Crippen molar-refractivity contribution in [2.45, 2.75) is 40.4 Å². The molecule has 1 atom stereocenters. The zero-order chi connectivity index (χ0) is 17.1. The molecular weight excluding hydrogens is 311 g/mol. The van der Waals surface area contributed by atoms with Gasteiger partial charge in [-0.25, -0.2) is 9.09 Å². The lowest BCUT2D eigenvalue weighted by Crippen LogP contribution is -2.20. The molecule has 2 N–H and O–H groups in total. The molecule has 0 spiro atoms. The largest absolute Gasteiger partial charge is 0.472 e. The van der Waals surface area contributed by atoms with Gasteiger partial charge in [-0.2, -0.15) is 0 Å². The van der Waals surface area contributed by atoms with Crippen molar-refractivity contribution < 1.29 is 33.2 Å². The first kappa shape index (κ1) is 18.5. The number of phosphoric acid groups is 1. The topological polar surface area (TPSA) is 110 Å². The summed E-state index contributed by atoms with van der Waals surface area (Å²) < 4.78 is 19.4. The van der Waals surface area contributed by atoms with Gasteiger partial charge >= 0.3 is 13.8 Å². The van der Waals surface area contributed by atoms with E-state index in [1.54, 1.807) is 13.8 Å². The van der Waals surface area contributed by atoms with Crippen LogP contribution in [0.15, 0.2) is 12.1 Å². The molecule has 22 heavy (non-hydrogen) atoms. The first-order valence-electron chi connectivity index (χ1n) is 6.54. The third kappa shape index (κ3) is 5.69. The second kappa shape index (κ2) is 7.15. The summed E-state index contributed by atoms with van der Waals surface area (Å²) in [5, 5.41) is 0. The summed E-state index contributed by atoms with van der Waals surface area (Å²) in [5.41, 5.74) is 2.98. The van der Waals surface area contributed by atoms with E-state index in [9.17, 15) is 14.2 Å². The number of rotatable bonds is 6. The van der Waals surface area contributed by atoms with E-state index < -0.39 is 32.3 Å². The molecule has 8 heteroatoms. The van der Waals surface area contributed by atoms with Crippen molar-refractivity contribution in [2.24, 2.45) is 0 Å². The number of benzene rings is 1. The Morgan fingerprint density at radius 3 is 2.14 bits per heavy atom. The number of carbonyl (C=O) groups excluding carboxylic acids is 2. The van der Waals surface area contributed by atoms with E-state index in [4.69, 9.17) is 9.79 Å². The maximum atomic E-state index is 12.2. The predicted molar refractivity (Wildman–Crippen MR) is 78.3 cm³/mol. The van der Waals surface area contributed by atoms with Gasteiger partial charge < -0.3 is 14.5 Å². The van der Waals surface area contributed by atoms with Crippen LogP contribution in [-0.2, 0) is 18.6 Å². The fourth-order valence-electron chi connectivity index (χ4n) is 2.28. The number of esters is 1. The molecule has 1 aromatic carbocycles. The summed E-state index contributed by atoms with van der Waals surface area (Å²) >= 11 is 0. The van der Waals surface area contributed by atoms with E-state index in [1.165, 1.54) is 0 Å². The Hall–Kier alpha value is -1.53. The minimum absolute atomic E-state index is 0.414. The highest BCUT2D eigenvalue weighted by atomic mass is 31.2. The number of ketones is 1. The van der Waals surface area contributed by atoms with Gasteiger partial charge in [0.15, 0.2) is 5.78 Å². The molecule has 0 bridgehead atoms. The minimum Gasteiger partial charge on any atom is -0.435 e. The van der Waals surface area contributed by atoms with Crippen LogP contribution in [0.1, 0.15) is 40.4 Å². The molecule has 0 fully saturated rings. The van der Waals surface area contributed by atoms with Crippen LogP contribution in [0.3, 0.4) is 0 Å². The van der Waals surface area contributed by atoms with Crippen molar-refractivity contribution in [2.75, 3.05) is 0 Å². The molecule has 0 radical (unpaired) electrons. The summed E-state index contributed by atoms with van der Waals surface area (Å²) in [6.45, 7) is 6.61.